The van der Waals surface area contributed by atoms with E-state index in [1.54, 1.807) is 29.9 Å². The minimum atomic E-state index is -4.25. The molecule has 1 unspecified atom stereocenters. The fourth-order valence-electron chi connectivity index (χ4n) is 6.68. The number of alkyl halides is 3. The van der Waals surface area contributed by atoms with Crippen LogP contribution in [0.2, 0.25) is 0 Å². The highest BCUT2D eigenvalue weighted by Gasteiger charge is 2.62. The lowest BCUT2D eigenvalue weighted by molar-refractivity contribution is -0.190. The van der Waals surface area contributed by atoms with Crippen LogP contribution in [0.4, 0.5) is 19.0 Å². The van der Waals surface area contributed by atoms with Crippen molar-refractivity contribution in [3.63, 3.8) is 0 Å². The van der Waals surface area contributed by atoms with E-state index in [9.17, 15) is 26.4 Å². The van der Waals surface area contributed by atoms with Gasteiger partial charge < -0.3 is 15.0 Å². The summed E-state index contributed by atoms with van der Waals surface area (Å²) >= 11 is 0. The molecule has 2 aliphatic heterocycles. The molecule has 0 spiro atoms. The Labute approximate surface area is 272 Å². The predicted molar refractivity (Wildman–Crippen MR) is 167 cm³/mol. The standard InChI is InChI=1S/C31H41F3N8O4S/c1-21-24-19-36-41(21)14-6-4-5-13-35-18-22-17-29(2,3)40(20-22)27-23(28(43)39-47(24,44)45)7-8-25(37-27)42-15-9-26(38-42)46-16-12-30(10-11-30)31(32,33)34/h7-9,15,19,22,35H,4-6,10-14,16-18,20H2,1-3H3,(H,39,43). The highest BCUT2D eigenvalue weighted by molar-refractivity contribution is 7.90. The number of hydrogen-bond acceptors (Lipinski definition) is 9. The number of hydrogen-bond donors (Lipinski definition) is 2. The SMILES string of the molecule is Cc1c2cnn1CCCCCNCC1CN(c3nc(-n4ccc(OCCC5(C(F)(F)F)CC5)n4)ccc3C(=O)NS2(=O)=O)C(C)(C)C1. The molecule has 1 saturated carbocycles. The second-order valence-corrected chi connectivity index (χ2v) is 15.2. The number of ether oxygens (including phenoxy) is 1. The Bertz CT molecular complexity index is 1730. The number of sulfonamides is 1. The first-order valence-corrected chi connectivity index (χ1v) is 17.5. The molecule has 16 heteroatoms. The number of pyridine rings is 1. The highest BCUT2D eigenvalue weighted by atomic mass is 32.2. The van der Waals surface area contributed by atoms with Crippen molar-refractivity contribution in [2.24, 2.45) is 11.3 Å². The summed E-state index contributed by atoms with van der Waals surface area (Å²) in [7, 11) is -4.25. The molecule has 0 radical (unpaired) electrons. The van der Waals surface area contributed by atoms with E-state index in [1.807, 2.05) is 4.90 Å². The Morgan fingerprint density at radius 1 is 1.13 bits per heavy atom. The van der Waals surface area contributed by atoms with Gasteiger partial charge in [-0.3, -0.25) is 9.48 Å². The topological polar surface area (TPSA) is 136 Å². The molecular formula is C31H41F3N8O4S. The Hall–Kier alpha value is -3.66. The van der Waals surface area contributed by atoms with Crippen LogP contribution in [0.15, 0.2) is 35.5 Å². The van der Waals surface area contributed by atoms with Gasteiger partial charge in [-0.25, -0.2) is 22.8 Å². The molecule has 12 nitrogen and oxygen atoms in total. The van der Waals surface area contributed by atoms with Crippen molar-refractivity contribution in [3.8, 4) is 11.7 Å². The van der Waals surface area contributed by atoms with Crippen LogP contribution in [0.1, 0.15) is 74.8 Å². The zero-order valence-electron chi connectivity index (χ0n) is 26.8. The molecule has 0 aromatic carbocycles. The summed E-state index contributed by atoms with van der Waals surface area (Å²) < 4.78 is 77.7. The lowest BCUT2D eigenvalue weighted by Gasteiger charge is -2.34. The van der Waals surface area contributed by atoms with Crippen molar-refractivity contribution >= 4 is 21.7 Å². The Balaban J connectivity index is 1.30. The number of fused-ring (bicyclic) bond motifs is 6. The number of aromatic nitrogens is 5. The van der Waals surface area contributed by atoms with Crippen molar-refractivity contribution in [2.75, 3.05) is 31.1 Å². The monoisotopic (exact) mass is 678 g/mol. The quantitative estimate of drug-likeness (QED) is 0.403. The number of anilines is 1. The smallest absolute Gasteiger partial charge is 0.394 e. The summed E-state index contributed by atoms with van der Waals surface area (Å²) in [6.07, 6.45) is 2.28. The van der Waals surface area contributed by atoms with Gasteiger partial charge in [-0.2, -0.15) is 18.3 Å². The van der Waals surface area contributed by atoms with Gasteiger partial charge in [-0.05, 0) is 90.4 Å². The molecule has 3 aromatic rings. The van der Waals surface area contributed by atoms with Gasteiger partial charge in [0.05, 0.1) is 29.5 Å². The molecule has 1 atom stereocenters. The summed E-state index contributed by atoms with van der Waals surface area (Å²) in [5, 5.41) is 12.2. The molecule has 4 bridgehead atoms. The van der Waals surface area contributed by atoms with Crippen molar-refractivity contribution < 1.29 is 31.1 Å². The fourth-order valence-corrected chi connectivity index (χ4v) is 7.82. The van der Waals surface area contributed by atoms with Crippen LogP contribution >= 0.6 is 0 Å². The van der Waals surface area contributed by atoms with Crippen LogP contribution in [-0.4, -0.2) is 76.8 Å². The van der Waals surface area contributed by atoms with E-state index < -0.39 is 33.1 Å². The van der Waals surface area contributed by atoms with Crippen molar-refractivity contribution in [1.82, 2.24) is 34.6 Å². The molecule has 1 amide bonds. The molecule has 1 saturated heterocycles. The first-order valence-electron chi connectivity index (χ1n) is 16.0. The van der Waals surface area contributed by atoms with Gasteiger partial charge in [0.2, 0.25) is 5.88 Å². The van der Waals surface area contributed by atoms with E-state index >= 15 is 0 Å². The molecule has 6 rings (SSSR count). The van der Waals surface area contributed by atoms with E-state index in [0.717, 1.165) is 38.8 Å². The van der Waals surface area contributed by atoms with E-state index in [4.69, 9.17) is 9.72 Å². The molecule has 2 N–H and O–H groups in total. The lowest BCUT2D eigenvalue weighted by Crippen LogP contribution is -2.41. The first kappa shape index (κ1) is 33.2. The van der Waals surface area contributed by atoms with Crippen LogP contribution in [-0.2, 0) is 16.6 Å². The molecule has 2 fully saturated rings. The lowest BCUT2D eigenvalue weighted by atomic mass is 9.96. The Kier molecular flexibility index (Phi) is 8.78. The third-order valence-electron chi connectivity index (χ3n) is 9.64. The minimum Gasteiger partial charge on any atom is -0.477 e. The van der Waals surface area contributed by atoms with Gasteiger partial charge in [0, 0.05) is 30.9 Å². The van der Waals surface area contributed by atoms with Gasteiger partial charge >= 0.3 is 6.18 Å². The maximum atomic E-state index is 13.7. The average Bonchev–Trinajstić information content (AvgIpc) is 3.33. The average molecular weight is 679 g/mol. The maximum absolute atomic E-state index is 13.7. The van der Waals surface area contributed by atoms with Crippen LogP contribution in [0, 0.1) is 18.3 Å². The number of aryl methyl sites for hydroxylation is 1. The zero-order chi connectivity index (χ0) is 33.6. The molecule has 3 aromatic heterocycles. The van der Waals surface area contributed by atoms with Gasteiger partial charge in [-0.15, -0.1) is 5.10 Å². The number of rotatable bonds is 5. The summed E-state index contributed by atoms with van der Waals surface area (Å²) in [6.45, 7) is 8.47. The largest absolute Gasteiger partial charge is 0.477 e. The number of halogens is 3. The third-order valence-corrected chi connectivity index (χ3v) is 11.1. The van der Waals surface area contributed by atoms with E-state index in [-0.39, 0.29) is 48.1 Å². The molecule has 256 valence electrons. The molecule has 47 heavy (non-hydrogen) atoms. The first-order chi connectivity index (χ1) is 22.2. The number of carbonyl (C=O) groups excluding carboxylic acids is 1. The predicted octanol–water partition coefficient (Wildman–Crippen LogP) is 4.38. The molecular weight excluding hydrogens is 637 g/mol. The molecule has 1 aliphatic carbocycles. The third kappa shape index (κ3) is 6.84. The number of amides is 1. The normalized spacial score (nSPS) is 22.6. The summed E-state index contributed by atoms with van der Waals surface area (Å²) in [5.74, 6) is 0.215. The Morgan fingerprint density at radius 2 is 1.91 bits per heavy atom. The second-order valence-electron chi connectivity index (χ2n) is 13.5. The van der Waals surface area contributed by atoms with E-state index in [2.05, 4.69) is 34.1 Å². The minimum absolute atomic E-state index is 0.0618. The zero-order valence-corrected chi connectivity index (χ0v) is 27.6. The fraction of sp³-hybridized carbons (Fsp3) is 0.613. The van der Waals surface area contributed by atoms with Crippen LogP contribution in [0.25, 0.3) is 5.82 Å². The van der Waals surface area contributed by atoms with Crippen molar-refractivity contribution in [3.05, 3.63) is 41.9 Å². The van der Waals surface area contributed by atoms with Gasteiger partial charge in [0.25, 0.3) is 15.9 Å². The van der Waals surface area contributed by atoms with Crippen molar-refractivity contribution in [1.29, 1.82) is 0 Å². The van der Waals surface area contributed by atoms with Crippen LogP contribution < -0.4 is 19.7 Å². The van der Waals surface area contributed by atoms with E-state index in [1.165, 1.54) is 16.9 Å². The second kappa shape index (κ2) is 12.4. The summed E-state index contributed by atoms with van der Waals surface area (Å²) in [6, 6.07) is 4.60. The number of nitrogens with zero attached hydrogens (tertiary/aromatic N) is 6. The Morgan fingerprint density at radius 3 is 2.66 bits per heavy atom. The van der Waals surface area contributed by atoms with E-state index in [0.29, 0.717) is 30.4 Å². The van der Waals surface area contributed by atoms with Gasteiger partial charge in [0.15, 0.2) is 5.82 Å². The molecule has 3 aliphatic rings. The van der Waals surface area contributed by atoms with Gasteiger partial charge in [0.1, 0.15) is 10.7 Å². The highest BCUT2D eigenvalue weighted by Crippen LogP contribution is 2.59. The summed E-state index contributed by atoms with van der Waals surface area (Å²) in [5.41, 5.74) is -1.55. The van der Waals surface area contributed by atoms with Gasteiger partial charge in [-0.1, -0.05) is 6.42 Å². The van der Waals surface area contributed by atoms with Crippen molar-refractivity contribution in [2.45, 2.75) is 88.9 Å². The summed E-state index contributed by atoms with van der Waals surface area (Å²) in [4.78, 5) is 20.5. The van der Waals surface area contributed by atoms with Crippen LogP contribution in [0.3, 0.4) is 0 Å². The van der Waals surface area contributed by atoms with Crippen LogP contribution in [0.5, 0.6) is 5.88 Å². The maximum Gasteiger partial charge on any atom is 0.394 e. The molecule has 5 heterocycles. The number of carbonyl (C=O) groups is 1. The number of nitrogens with one attached hydrogen (secondary N) is 2.